The standard InChI is InChI=1S/C25H25ClN2O11/c1-8-11(14-12(8)15(26)20(32)22(34)19(14)31)6-27-7-25(38,39)28-16-17(29)13(18(30)23(35)21(16)33)9-3-2-4-10(5-9)24(36)37/h2-5,8,11,27-35,38-39H,6-7H2,1H3,(H,36,37). The molecule has 1 aliphatic rings. The van der Waals surface area contributed by atoms with Gasteiger partial charge in [0.05, 0.1) is 22.7 Å². The highest BCUT2D eigenvalue weighted by Gasteiger charge is 2.42. The number of carboxylic acid groups (broad SMARTS) is 1. The van der Waals surface area contributed by atoms with E-state index in [-0.39, 0.29) is 34.2 Å². The molecule has 2 unspecified atom stereocenters. The molecule has 0 fully saturated rings. The molecule has 13 nitrogen and oxygen atoms in total. The number of benzene rings is 3. The lowest BCUT2D eigenvalue weighted by molar-refractivity contribution is -0.132. The van der Waals surface area contributed by atoms with Crippen LogP contribution in [0.15, 0.2) is 24.3 Å². The number of carboxylic acids is 1. The zero-order valence-electron chi connectivity index (χ0n) is 20.1. The van der Waals surface area contributed by atoms with E-state index >= 15 is 0 Å². The fourth-order valence-corrected chi connectivity index (χ4v) is 5.08. The van der Waals surface area contributed by atoms with Gasteiger partial charge in [-0.05, 0) is 29.2 Å². The molecule has 1 aliphatic carbocycles. The summed E-state index contributed by atoms with van der Waals surface area (Å²) < 4.78 is 0. The maximum absolute atomic E-state index is 11.3. The van der Waals surface area contributed by atoms with E-state index in [0.717, 1.165) is 6.07 Å². The first-order chi connectivity index (χ1) is 18.2. The summed E-state index contributed by atoms with van der Waals surface area (Å²) in [5.74, 6) is -11.0. The number of carbonyl (C=O) groups is 1. The maximum Gasteiger partial charge on any atom is 0.335 e. The van der Waals surface area contributed by atoms with Gasteiger partial charge in [0, 0.05) is 18.0 Å². The third-order valence-electron chi connectivity index (χ3n) is 6.72. The molecule has 0 saturated carbocycles. The number of hydrogen-bond donors (Lipinski definition) is 12. The second kappa shape index (κ2) is 9.78. The maximum atomic E-state index is 11.3. The lowest BCUT2D eigenvalue weighted by Gasteiger charge is -2.39. The van der Waals surface area contributed by atoms with Crippen LogP contribution in [0, 0.1) is 0 Å². The topological polar surface area (TPSA) is 243 Å². The Labute approximate surface area is 225 Å². The molecule has 0 spiro atoms. The summed E-state index contributed by atoms with van der Waals surface area (Å²) in [6.45, 7) is 1.13. The molecule has 0 saturated heterocycles. The zero-order valence-corrected chi connectivity index (χ0v) is 20.9. The monoisotopic (exact) mass is 564 g/mol. The van der Waals surface area contributed by atoms with Crippen molar-refractivity contribution in [2.24, 2.45) is 0 Å². The number of nitrogens with one attached hydrogen (secondary N) is 2. The van der Waals surface area contributed by atoms with Crippen LogP contribution in [-0.2, 0) is 0 Å². The molecule has 0 aromatic heterocycles. The summed E-state index contributed by atoms with van der Waals surface area (Å²) in [4.78, 5) is 11.3. The van der Waals surface area contributed by atoms with Crippen molar-refractivity contribution in [2.45, 2.75) is 24.7 Å². The van der Waals surface area contributed by atoms with Crippen LogP contribution in [0.25, 0.3) is 11.1 Å². The van der Waals surface area contributed by atoms with E-state index in [2.05, 4.69) is 10.6 Å². The van der Waals surface area contributed by atoms with E-state index in [1.54, 1.807) is 6.92 Å². The van der Waals surface area contributed by atoms with Crippen molar-refractivity contribution in [3.63, 3.8) is 0 Å². The smallest absolute Gasteiger partial charge is 0.335 e. The number of rotatable bonds is 8. The summed E-state index contributed by atoms with van der Waals surface area (Å²) >= 11 is 6.06. The van der Waals surface area contributed by atoms with Gasteiger partial charge < -0.3 is 61.7 Å². The molecule has 2 atom stereocenters. The number of halogens is 1. The van der Waals surface area contributed by atoms with Gasteiger partial charge in [-0.3, -0.25) is 0 Å². The molecule has 3 aromatic carbocycles. The van der Waals surface area contributed by atoms with E-state index in [1.165, 1.54) is 18.2 Å². The predicted octanol–water partition coefficient (Wildman–Crippen LogP) is 2.19. The van der Waals surface area contributed by atoms with Crippen LogP contribution in [0.1, 0.15) is 40.2 Å². The summed E-state index contributed by atoms with van der Waals surface area (Å²) in [6.07, 6.45) is 0. The van der Waals surface area contributed by atoms with E-state index in [0.29, 0.717) is 5.56 Å². The third-order valence-corrected chi connectivity index (χ3v) is 7.11. The van der Waals surface area contributed by atoms with Gasteiger partial charge in [0.15, 0.2) is 28.7 Å². The Morgan fingerprint density at radius 1 is 0.897 bits per heavy atom. The Morgan fingerprint density at radius 3 is 2.18 bits per heavy atom. The van der Waals surface area contributed by atoms with Crippen molar-refractivity contribution in [1.29, 1.82) is 0 Å². The minimum atomic E-state index is -2.87. The first-order valence-electron chi connectivity index (χ1n) is 11.4. The lowest BCUT2D eigenvalue weighted by Crippen LogP contribution is -2.48. The van der Waals surface area contributed by atoms with Crippen LogP contribution < -0.4 is 10.6 Å². The fraction of sp³-hybridized carbons (Fsp3) is 0.240. The van der Waals surface area contributed by atoms with Gasteiger partial charge in [-0.25, -0.2) is 4.79 Å². The number of phenols is 7. The van der Waals surface area contributed by atoms with E-state index in [9.17, 15) is 55.9 Å². The number of anilines is 1. The molecular formula is C25H25ClN2O11. The quantitative estimate of drug-likeness (QED) is 0.107. The number of fused-ring (bicyclic) bond motifs is 1. The normalized spacial score (nSPS) is 16.4. The summed E-state index contributed by atoms with van der Waals surface area (Å²) in [5.41, 5.74) is -0.832. The summed E-state index contributed by atoms with van der Waals surface area (Å²) in [5, 5.41) is 106. The lowest BCUT2D eigenvalue weighted by atomic mass is 9.68. The van der Waals surface area contributed by atoms with Crippen molar-refractivity contribution >= 4 is 23.3 Å². The number of aromatic carboxylic acids is 1. The molecule has 14 heteroatoms. The number of hydrogen-bond acceptors (Lipinski definition) is 12. The van der Waals surface area contributed by atoms with Crippen molar-refractivity contribution in [3.05, 3.63) is 46.0 Å². The number of aliphatic hydroxyl groups is 2. The third kappa shape index (κ3) is 4.61. The van der Waals surface area contributed by atoms with Gasteiger partial charge >= 0.3 is 5.97 Å². The number of phenolic OH excluding ortho intramolecular Hbond substituents is 7. The molecule has 0 aliphatic heterocycles. The molecular weight excluding hydrogens is 540 g/mol. The van der Waals surface area contributed by atoms with E-state index < -0.39 is 75.8 Å². The average molecular weight is 565 g/mol. The molecule has 39 heavy (non-hydrogen) atoms. The zero-order chi connectivity index (χ0) is 29.0. The first kappa shape index (κ1) is 27.7. The number of aromatic hydroxyl groups is 7. The van der Waals surface area contributed by atoms with Crippen LogP contribution in [0.5, 0.6) is 40.2 Å². The Balaban J connectivity index is 1.56. The Kier molecular flexibility index (Phi) is 6.95. The average Bonchev–Trinajstić information content (AvgIpc) is 2.88. The van der Waals surface area contributed by atoms with Crippen LogP contribution in [-0.4, -0.2) is 76.0 Å². The van der Waals surface area contributed by atoms with Crippen LogP contribution in [0.3, 0.4) is 0 Å². The van der Waals surface area contributed by atoms with Gasteiger partial charge in [-0.15, -0.1) is 0 Å². The highest BCUT2D eigenvalue weighted by Crippen LogP contribution is 2.59. The van der Waals surface area contributed by atoms with Crippen LogP contribution in [0.2, 0.25) is 5.02 Å². The highest BCUT2D eigenvalue weighted by atomic mass is 35.5. The Bertz CT molecular complexity index is 1490. The van der Waals surface area contributed by atoms with Crippen molar-refractivity contribution in [3.8, 4) is 51.4 Å². The van der Waals surface area contributed by atoms with Crippen LogP contribution >= 0.6 is 11.6 Å². The van der Waals surface area contributed by atoms with Gasteiger partial charge in [-0.2, -0.15) is 0 Å². The summed E-state index contributed by atoms with van der Waals surface area (Å²) in [6, 6.07) is 4.95. The Hall–Kier alpha value is -4.30. The van der Waals surface area contributed by atoms with Crippen LogP contribution in [0.4, 0.5) is 5.69 Å². The van der Waals surface area contributed by atoms with Gasteiger partial charge in [0.2, 0.25) is 11.5 Å². The minimum absolute atomic E-state index is 0.0266. The molecule has 4 rings (SSSR count). The van der Waals surface area contributed by atoms with E-state index in [4.69, 9.17) is 11.6 Å². The second-order valence-corrected chi connectivity index (χ2v) is 9.56. The molecule has 208 valence electrons. The fourth-order valence-electron chi connectivity index (χ4n) is 4.72. The van der Waals surface area contributed by atoms with Crippen molar-refractivity contribution in [1.82, 2.24) is 5.32 Å². The molecule has 0 bridgehead atoms. The van der Waals surface area contributed by atoms with Crippen molar-refractivity contribution < 1.29 is 55.9 Å². The SMILES string of the molecule is CC1c2c(Cl)c(O)c(O)c(O)c2C1CNCC(O)(O)Nc1c(O)c(O)c(O)c(-c2cccc(C(=O)O)c2)c1O. The largest absolute Gasteiger partial charge is 0.505 e. The van der Waals surface area contributed by atoms with Crippen molar-refractivity contribution in [2.75, 3.05) is 18.4 Å². The van der Waals surface area contributed by atoms with E-state index in [1.807, 2.05) is 0 Å². The summed E-state index contributed by atoms with van der Waals surface area (Å²) in [7, 11) is 0. The first-order valence-corrected chi connectivity index (χ1v) is 11.8. The Morgan fingerprint density at radius 2 is 1.54 bits per heavy atom. The molecule has 12 N–H and O–H groups in total. The highest BCUT2D eigenvalue weighted by molar-refractivity contribution is 6.33. The molecule has 3 aromatic rings. The van der Waals surface area contributed by atoms with Gasteiger partial charge in [0.1, 0.15) is 5.69 Å². The van der Waals surface area contributed by atoms with Gasteiger partial charge in [-0.1, -0.05) is 30.7 Å². The second-order valence-electron chi connectivity index (χ2n) is 9.19. The van der Waals surface area contributed by atoms with Gasteiger partial charge in [0.25, 0.3) is 5.91 Å². The predicted molar refractivity (Wildman–Crippen MR) is 137 cm³/mol. The minimum Gasteiger partial charge on any atom is -0.505 e. The molecule has 0 amide bonds. The molecule has 0 radical (unpaired) electrons. The molecule has 0 heterocycles.